The monoisotopic (exact) mass is 161 g/mol. The number of carbonyl (C=O) groups excluding carboxylic acids is 1. The topological polar surface area (TPSA) is 58.6 Å². The molecule has 0 unspecified atom stereocenters. The van der Waals surface area contributed by atoms with Crippen molar-refractivity contribution in [3.8, 4) is 0 Å². The Morgan fingerprint density at radius 1 is 1.64 bits per heavy atom. The fourth-order valence-electron chi connectivity index (χ4n) is 0.597. The van der Waals surface area contributed by atoms with Crippen LogP contribution in [0.3, 0.4) is 0 Å². The molecule has 0 rings (SSSR count). The van der Waals surface area contributed by atoms with E-state index in [2.05, 4.69) is 5.32 Å². The summed E-state index contributed by atoms with van der Waals surface area (Å²) in [5, 5.41) is 10.9. The van der Waals surface area contributed by atoms with Crippen LogP contribution in [0.4, 0.5) is 0 Å². The number of amides is 1. The zero-order chi connectivity index (χ0) is 8.53. The molecule has 2 N–H and O–H groups in total. The van der Waals surface area contributed by atoms with E-state index in [0.717, 1.165) is 0 Å². The maximum absolute atomic E-state index is 10.7. The molecule has 0 aliphatic heterocycles. The molecular weight excluding hydrogens is 146 g/mol. The highest BCUT2D eigenvalue weighted by atomic mass is 16.5. The van der Waals surface area contributed by atoms with Crippen molar-refractivity contribution < 1.29 is 14.6 Å². The summed E-state index contributed by atoms with van der Waals surface area (Å²) < 4.78 is 4.98. The minimum Gasteiger partial charge on any atom is -0.396 e. The van der Waals surface area contributed by atoms with Crippen LogP contribution < -0.4 is 5.32 Å². The second-order valence-corrected chi connectivity index (χ2v) is 2.02. The summed E-state index contributed by atoms with van der Waals surface area (Å²) in [7, 11) is 0. The van der Waals surface area contributed by atoms with Crippen LogP contribution >= 0.6 is 0 Å². The van der Waals surface area contributed by atoms with Crippen molar-refractivity contribution >= 4 is 5.91 Å². The third-order valence-electron chi connectivity index (χ3n) is 1.11. The van der Waals surface area contributed by atoms with E-state index >= 15 is 0 Å². The molecule has 4 nitrogen and oxygen atoms in total. The van der Waals surface area contributed by atoms with Gasteiger partial charge in [0.1, 0.15) is 0 Å². The Balaban J connectivity index is 3.04. The molecule has 0 heterocycles. The van der Waals surface area contributed by atoms with Gasteiger partial charge in [0.05, 0.1) is 13.2 Å². The smallest absolute Gasteiger partial charge is 0.222 e. The molecule has 0 bridgehead atoms. The predicted molar refractivity (Wildman–Crippen MR) is 41.2 cm³/mol. The Morgan fingerprint density at radius 3 is 2.91 bits per heavy atom. The van der Waals surface area contributed by atoms with E-state index in [9.17, 15) is 4.79 Å². The number of carbonyl (C=O) groups is 1. The molecule has 0 radical (unpaired) electrons. The van der Waals surface area contributed by atoms with Crippen LogP contribution in [0.25, 0.3) is 0 Å². The lowest BCUT2D eigenvalue weighted by molar-refractivity contribution is -0.121. The molecule has 0 aromatic carbocycles. The van der Waals surface area contributed by atoms with Crippen molar-refractivity contribution in [1.29, 1.82) is 0 Å². The second kappa shape index (κ2) is 7.50. The van der Waals surface area contributed by atoms with Crippen LogP contribution in [-0.4, -0.2) is 37.4 Å². The molecule has 0 aliphatic carbocycles. The van der Waals surface area contributed by atoms with Gasteiger partial charge in [-0.25, -0.2) is 0 Å². The van der Waals surface area contributed by atoms with E-state index in [1.807, 2.05) is 6.92 Å². The Kier molecular flexibility index (Phi) is 7.08. The molecule has 1 amide bonds. The molecular formula is C7H15NO3. The van der Waals surface area contributed by atoms with E-state index in [1.54, 1.807) is 0 Å². The van der Waals surface area contributed by atoms with Gasteiger partial charge in [-0.2, -0.15) is 0 Å². The van der Waals surface area contributed by atoms with Crippen LogP contribution in [0.2, 0.25) is 0 Å². The Labute approximate surface area is 66.5 Å². The average Bonchev–Trinajstić information content (AvgIpc) is 1.99. The van der Waals surface area contributed by atoms with E-state index in [0.29, 0.717) is 19.8 Å². The minimum absolute atomic E-state index is 0.0968. The number of hydrogen-bond donors (Lipinski definition) is 2. The van der Waals surface area contributed by atoms with Crippen LogP contribution in [0.5, 0.6) is 0 Å². The van der Waals surface area contributed by atoms with E-state index in [4.69, 9.17) is 9.84 Å². The van der Waals surface area contributed by atoms with Crippen molar-refractivity contribution in [3.05, 3.63) is 0 Å². The highest BCUT2D eigenvalue weighted by molar-refractivity contribution is 5.75. The number of hydrogen-bond acceptors (Lipinski definition) is 3. The van der Waals surface area contributed by atoms with Crippen molar-refractivity contribution in [2.75, 3.05) is 26.4 Å². The van der Waals surface area contributed by atoms with Crippen LogP contribution in [0, 0.1) is 0 Å². The van der Waals surface area contributed by atoms with Crippen LogP contribution in [0.15, 0.2) is 0 Å². The normalized spacial score (nSPS) is 9.64. The van der Waals surface area contributed by atoms with Gasteiger partial charge < -0.3 is 15.2 Å². The second-order valence-electron chi connectivity index (χ2n) is 2.02. The summed E-state index contributed by atoms with van der Waals surface area (Å²) in [6, 6.07) is 0. The van der Waals surface area contributed by atoms with E-state index < -0.39 is 0 Å². The summed E-state index contributed by atoms with van der Waals surface area (Å²) in [5.41, 5.74) is 0. The van der Waals surface area contributed by atoms with Crippen molar-refractivity contribution in [2.24, 2.45) is 0 Å². The summed E-state index contributed by atoms with van der Waals surface area (Å²) in [6.07, 6.45) is 0.173. The number of nitrogens with one attached hydrogen (secondary N) is 1. The van der Waals surface area contributed by atoms with Gasteiger partial charge in [-0.15, -0.1) is 0 Å². The maximum Gasteiger partial charge on any atom is 0.222 e. The summed E-state index contributed by atoms with van der Waals surface area (Å²) in [6.45, 7) is 3.52. The van der Waals surface area contributed by atoms with Gasteiger partial charge in [0.15, 0.2) is 0 Å². The van der Waals surface area contributed by atoms with Gasteiger partial charge in [-0.1, -0.05) is 0 Å². The van der Waals surface area contributed by atoms with Crippen molar-refractivity contribution in [2.45, 2.75) is 13.3 Å². The lowest BCUT2D eigenvalue weighted by atomic mass is 10.4. The first kappa shape index (κ1) is 10.4. The third-order valence-corrected chi connectivity index (χ3v) is 1.11. The first-order valence-corrected chi connectivity index (χ1v) is 3.76. The van der Waals surface area contributed by atoms with Crippen molar-refractivity contribution in [1.82, 2.24) is 5.32 Å². The van der Waals surface area contributed by atoms with Gasteiger partial charge >= 0.3 is 0 Å². The molecule has 0 fully saturated rings. The molecule has 66 valence electrons. The zero-order valence-electron chi connectivity index (χ0n) is 6.80. The summed E-state index contributed by atoms with van der Waals surface area (Å²) in [4.78, 5) is 10.7. The quantitative estimate of drug-likeness (QED) is 0.517. The Bertz CT molecular complexity index is 106. The first-order chi connectivity index (χ1) is 5.31. The molecule has 0 saturated carbocycles. The zero-order valence-corrected chi connectivity index (χ0v) is 6.80. The summed E-state index contributed by atoms with van der Waals surface area (Å²) in [5.74, 6) is -0.132. The van der Waals surface area contributed by atoms with Gasteiger partial charge in [-0.3, -0.25) is 4.79 Å². The lowest BCUT2D eigenvalue weighted by Crippen LogP contribution is -2.27. The fourth-order valence-corrected chi connectivity index (χ4v) is 0.597. The number of aliphatic hydroxyl groups excluding tert-OH is 1. The highest BCUT2D eigenvalue weighted by Gasteiger charge is 1.96. The van der Waals surface area contributed by atoms with Gasteiger partial charge in [0, 0.05) is 19.6 Å². The SMILES string of the molecule is CCOCCNC(=O)CCO. The molecule has 0 saturated heterocycles. The predicted octanol–water partition coefficient (Wildman–Crippen LogP) is -0.479. The minimum atomic E-state index is -0.132. The van der Waals surface area contributed by atoms with Crippen molar-refractivity contribution in [3.63, 3.8) is 0 Å². The highest BCUT2D eigenvalue weighted by Crippen LogP contribution is 1.76. The van der Waals surface area contributed by atoms with Gasteiger partial charge in [0.2, 0.25) is 5.91 Å². The largest absolute Gasteiger partial charge is 0.396 e. The lowest BCUT2D eigenvalue weighted by Gasteiger charge is -2.02. The molecule has 0 aliphatic rings. The standard InChI is InChI=1S/C7H15NO3/c1-2-11-6-4-8-7(10)3-5-9/h9H,2-6H2,1H3,(H,8,10). The number of aliphatic hydroxyl groups is 1. The fraction of sp³-hybridized carbons (Fsp3) is 0.857. The molecule has 11 heavy (non-hydrogen) atoms. The first-order valence-electron chi connectivity index (χ1n) is 3.76. The Morgan fingerprint density at radius 2 is 2.36 bits per heavy atom. The number of rotatable bonds is 6. The third kappa shape index (κ3) is 7.29. The van der Waals surface area contributed by atoms with Crippen LogP contribution in [0.1, 0.15) is 13.3 Å². The molecule has 0 atom stereocenters. The van der Waals surface area contributed by atoms with E-state index in [1.165, 1.54) is 0 Å². The molecule has 0 aromatic rings. The number of ether oxygens (including phenoxy) is 1. The maximum atomic E-state index is 10.7. The average molecular weight is 161 g/mol. The van der Waals surface area contributed by atoms with Gasteiger partial charge in [-0.05, 0) is 6.92 Å². The molecule has 0 aromatic heterocycles. The summed E-state index contributed by atoms with van der Waals surface area (Å²) >= 11 is 0. The van der Waals surface area contributed by atoms with E-state index in [-0.39, 0.29) is 18.9 Å². The molecule has 0 spiro atoms. The van der Waals surface area contributed by atoms with Gasteiger partial charge in [0.25, 0.3) is 0 Å². The van der Waals surface area contributed by atoms with Crippen LogP contribution in [-0.2, 0) is 9.53 Å². The Hall–Kier alpha value is -0.610. The molecule has 4 heteroatoms.